The van der Waals surface area contributed by atoms with Crippen molar-refractivity contribution in [3.8, 4) is 6.01 Å². The minimum absolute atomic E-state index is 0.0480. The van der Waals surface area contributed by atoms with Crippen LogP contribution in [0.25, 0.3) is 0 Å². The number of hydrogen-bond donors (Lipinski definition) is 0. The van der Waals surface area contributed by atoms with E-state index < -0.39 is 0 Å². The zero-order valence-corrected chi connectivity index (χ0v) is 6.02. The molecule has 0 radical (unpaired) electrons. The van der Waals surface area contributed by atoms with Crippen LogP contribution in [0.15, 0.2) is 12.7 Å². The predicted molar refractivity (Wildman–Crippen MR) is 35.8 cm³/mol. The van der Waals surface area contributed by atoms with E-state index in [2.05, 4.69) is 19.7 Å². The molecular weight excluding hydrogens is 146 g/mol. The molecule has 0 aliphatic carbocycles. The first-order chi connectivity index (χ1) is 5.33. The third-order valence-corrected chi connectivity index (χ3v) is 0.963. The molecule has 1 aromatic heterocycles. The maximum Gasteiger partial charge on any atom is 0.327 e. The van der Waals surface area contributed by atoms with Crippen molar-refractivity contribution >= 4 is 5.97 Å². The zero-order valence-electron chi connectivity index (χ0n) is 6.02. The largest absolute Gasteiger partial charge is 0.391 e. The van der Waals surface area contributed by atoms with Crippen LogP contribution in [0, 0.1) is 0 Å². The Bertz CT molecular complexity index is 237. The van der Waals surface area contributed by atoms with Gasteiger partial charge in [-0.25, -0.2) is 4.98 Å². The second-order valence-corrected chi connectivity index (χ2v) is 1.75. The maximum absolute atomic E-state index is 10.7. The lowest BCUT2D eigenvalue weighted by molar-refractivity contribution is -0.134. The topological polar surface area (TPSA) is 65.0 Å². The van der Waals surface area contributed by atoms with Crippen LogP contribution in [0.3, 0.4) is 0 Å². The van der Waals surface area contributed by atoms with Crippen molar-refractivity contribution in [2.45, 2.75) is 13.3 Å². The Morgan fingerprint density at radius 3 is 2.73 bits per heavy atom. The molecule has 0 atom stereocenters. The van der Waals surface area contributed by atoms with Crippen LogP contribution >= 0.6 is 0 Å². The van der Waals surface area contributed by atoms with E-state index >= 15 is 0 Å². The fourth-order valence-corrected chi connectivity index (χ4v) is 0.455. The fraction of sp³-hybridized carbons (Fsp3) is 0.333. The minimum atomic E-state index is -0.351. The molecule has 0 saturated heterocycles. The summed E-state index contributed by atoms with van der Waals surface area (Å²) in [7, 11) is 0. The van der Waals surface area contributed by atoms with E-state index in [1.165, 1.54) is 12.7 Å². The maximum atomic E-state index is 10.7. The van der Waals surface area contributed by atoms with Gasteiger partial charge in [0, 0.05) is 6.42 Å². The van der Waals surface area contributed by atoms with Crippen LogP contribution in [-0.2, 0) is 4.79 Å². The van der Waals surface area contributed by atoms with Gasteiger partial charge >= 0.3 is 12.0 Å². The van der Waals surface area contributed by atoms with Gasteiger partial charge < -0.3 is 4.74 Å². The second-order valence-electron chi connectivity index (χ2n) is 1.75. The van der Waals surface area contributed by atoms with E-state index in [0.717, 1.165) is 0 Å². The van der Waals surface area contributed by atoms with Gasteiger partial charge in [0.2, 0.25) is 0 Å². The van der Waals surface area contributed by atoms with E-state index in [4.69, 9.17) is 0 Å². The molecule has 0 aliphatic rings. The summed E-state index contributed by atoms with van der Waals surface area (Å²) >= 11 is 0. The van der Waals surface area contributed by atoms with Gasteiger partial charge in [0.25, 0.3) is 0 Å². The van der Waals surface area contributed by atoms with Crippen molar-refractivity contribution in [1.82, 2.24) is 15.0 Å². The van der Waals surface area contributed by atoms with Gasteiger partial charge in [-0.15, -0.1) is 0 Å². The van der Waals surface area contributed by atoms with Crippen molar-refractivity contribution in [2.75, 3.05) is 0 Å². The van der Waals surface area contributed by atoms with Gasteiger partial charge in [0.05, 0.1) is 0 Å². The Balaban J connectivity index is 2.58. The van der Waals surface area contributed by atoms with Crippen LogP contribution in [0.5, 0.6) is 6.01 Å². The molecule has 0 bridgehead atoms. The molecule has 1 rings (SSSR count). The van der Waals surface area contributed by atoms with Gasteiger partial charge in [-0.3, -0.25) is 4.79 Å². The molecule has 11 heavy (non-hydrogen) atoms. The molecule has 0 spiro atoms. The fourth-order valence-electron chi connectivity index (χ4n) is 0.455. The van der Waals surface area contributed by atoms with Crippen LogP contribution in [0.4, 0.5) is 0 Å². The van der Waals surface area contributed by atoms with E-state index in [-0.39, 0.29) is 12.0 Å². The summed E-state index contributed by atoms with van der Waals surface area (Å²) in [6, 6.07) is 0.0480. The SMILES string of the molecule is CCC(=O)Oc1ncncn1. The number of nitrogens with zero attached hydrogens (tertiary/aromatic N) is 3. The summed E-state index contributed by atoms with van der Waals surface area (Å²) in [5, 5.41) is 0. The molecule has 58 valence electrons. The highest BCUT2D eigenvalue weighted by atomic mass is 16.5. The molecule has 5 heteroatoms. The minimum Gasteiger partial charge on any atom is -0.391 e. The van der Waals surface area contributed by atoms with Crippen molar-refractivity contribution < 1.29 is 9.53 Å². The molecule has 0 amide bonds. The number of rotatable bonds is 2. The molecule has 0 saturated carbocycles. The highest BCUT2D eigenvalue weighted by Crippen LogP contribution is 1.96. The van der Waals surface area contributed by atoms with Crippen molar-refractivity contribution in [3.05, 3.63) is 12.7 Å². The summed E-state index contributed by atoms with van der Waals surface area (Å²) < 4.78 is 4.66. The first-order valence-electron chi connectivity index (χ1n) is 3.15. The summed E-state index contributed by atoms with van der Waals surface area (Å²) in [4.78, 5) is 21.4. The lowest BCUT2D eigenvalue weighted by Crippen LogP contribution is -2.07. The average molecular weight is 153 g/mol. The molecular formula is C6H7N3O2. The number of esters is 1. The molecule has 0 N–H and O–H groups in total. The van der Waals surface area contributed by atoms with Gasteiger partial charge in [0.1, 0.15) is 12.7 Å². The smallest absolute Gasteiger partial charge is 0.327 e. The Morgan fingerprint density at radius 2 is 2.18 bits per heavy atom. The highest BCUT2D eigenvalue weighted by Gasteiger charge is 2.01. The average Bonchev–Trinajstić information content (AvgIpc) is 2.06. The van der Waals surface area contributed by atoms with Crippen LogP contribution < -0.4 is 4.74 Å². The van der Waals surface area contributed by atoms with Crippen LogP contribution in [0.1, 0.15) is 13.3 Å². The van der Waals surface area contributed by atoms with Crippen LogP contribution in [0.2, 0.25) is 0 Å². The Kier molecular flexibility index (Phi) is 2.48. The summed E-state index contributed by atoms with van der Waals surface area (Å²) in [6.07, 6.45) is 2.85. The molecule has 0 fully saturated rings. The number of ether oxygens (including phenoxy) is 1. The van der Waals surface area contributed by atoms with Gasteiger partial charge in [-0.05, 0) is 0 Å². The Hall–Kier alpha value is -1.52. The third kappa shape index (κ3) is 2.29. The van der Waals surface area contributed by atoms with Crippen molar-refractivity contribution in [3.63, 3.8) is 0 Å². The molecule has 1 heterocycles. The van der Waals surface area contributed by atoms with E-state index in [1.54, 1.807) is 6.92 Å². The first-order valence-corrected chi connectivity index (χ1v) is 3.15. The third-order valence-electron chi connectivity index (χ3n) is 0.963. The lowest BCUT2D eigenvalue weighted by Gasteiger charge is -1.96. The van der Waals surface area contributed by atoms with E-state index in [9.17, 15) is 4.79 Å². The van der Waals surface area contributed by atoms with E-state index in [1.807, 2.05) is 0 Å². The normalized spacial score (nSPS) is 9.18. The molecule has 1 aromatic rings. The monoisotopic (exact) mass is 153 g/mol. The van der Waals surface area contributed by atoms with Crippen LogP contribution in [-0.4, -0.2) is 20.9 Å². The van der Waals surface area contributed by atoms with Crippen molar-refractivity contribution in [1.29, 1.82) is 0 Å². The summed E-state index contributed by atoms with van der Waals surface area (Å²) in [6.45, 7) is 1.70. The Morgan fingerprint density at radius 1 is 1.55 bits per heavy atom. The lowest BCUT2D eigenvalue weighted by atomic mass is 10.5. The second kappa shape index (κ2) is 3.60. The predicted octanol–water partition coefficient (Wildman–Crippen LogP) is 0.187. The number of carbonyl (C=O) groups excluding carboxylic acids is 1. The number of aromatic nitrogens is 3. The summed E-state index contributed by atoms with van der Waals surface area (Å²) in [5.41, 5.74) is 0. The zero-order chi connectivity index (χ0) is 8.10. The number of hydrogen-bond acceptors (Lipinski definition) is 5. The molecule has 5 nitrogen and oxygen atoms in total. The molecule has 0 aromatic carbocycles. The van der Waals surface area contributed by atoms with Crippen molar-refractivity contribution in [2.24, 2.45) is 0 Å². The molecule has 0 aliphatic heterocycles. The highest BCUT2D eigenvalue weighted by molar-refractivity contribution is 5.70. The number of carbonyl (C=O) groups is 1. The van der Waals surface area contributed by atoms with Gasteiger partial charge in [0.15, 0.2) is 0 Å². The standard InChI is InChI=1S/C6H7N3O2/c1-2-5(10)11-6-8-3-7-4-9-6/h3-4H,2H2,1H3. The quantitative estimate of drug-likeness (QED) is 0.567. The summed E-state index contributed by atoms with van der Waals surface area (Å²) in [5.74, 6) is -0.351. The van der Waals surface area contributed by atoms with Gasteiger partial charge in [-0.1, -0.05) is 6.92 Å². The first kappa shape index (κ1) is 7.59. The molecule has 0 unspecified atom stereocenters. The van der Waals surface area contributed by atoms with E-state index in [0.29, 0.717) is 6.42 Å². The van der Waals surface area contributed by atoms with Gasteiger partial charge in [-0.2, -0.15) is 9.97 Å². The Labute approximate surface area is 63.5 Å².